The summed E-state index contributed by atoms with van der Waals surface area (Å²) < 4.78 is 84.5. The quantitative estimate of drug-likeness (QED) is 0.346. The second-order valence-electron chi connectivity index (χ2n) is 5.57. The molecule has 27 heavy (non-hydrogen) atoms. The number of ether oxygens (including phenoxy) is 1. The molecule has 6 nitrogen and oxygen atoms in total. The minimum absolute atomic E-state index is 0.0495. The van der Waals surface area contributed by atoms with Crippen molar-refractivity contribution in [2.75, 3.05) is 0 Å². The molecule has 11 heteroatoms. The van der Waals surface area contributed by atoms with E-state index in [1.807, 2.05) is 0 Å². The second kappa shape index (κ2) is 7.16. The van der Waals surface area contributed by atoms with Gasteiger partial charge in [0.05, 0.1) is 11.7 Å². The number of rotatable bonds is 6. The highest BCUT2D eigenvalue weighted by Gasteiger charge is 2.37. The summed E-state index contributed by atoms with van der Waals surface area (Å²) in [5.41, 5.74) is -0.0495. The molecule has 0 unspecified atom stereocenters. The average Bonchev–Trinajstić information content (AvgIpc) is 3.47. The maximum Gasteiger partial charge on any atom is 0.357 e. The van der Waals surface area contributed by atoms with E-state index in [9.17, 15) is 30.8 Å². The Labute approximate surface area is 150 Å². The van der Waals surface area contributed by atoms with Crippen LogP contribution >= 0.6 is 0 Å². The van der Waals surface area contributed by atoms with Gasteiger partial charge < -0.3 is 9.57 Å². The summed E-state index contributed by atoms with van der Waals surface area (Å²) in [7, 11) is -5.14. The molecule has 0 atom stereocenters. The van der Waals surface area contributed by atoms with Crippen LogP contribution in [0, 0.1) is 23.3 Å². The lowest BCUT2D eigenvalue weighted by molar-refractivity contribution is 0.0406. The van der Waals surface area contributed by atoms with Gasteiger partial charge in [-0.1, -0.05) is 18.2 Å². The van der Waals surface area contributed by atoms with Gasteiger partial charge in [-0.2, -0.15) is 4.39 Å². The van der Waals surface area contributed by atoms with Gasteiger partial charge in [-0.3, -0.25) is 0 Å². The van der Waals surface area contributed by atoms with E-state index in [2.05, 4.69) is 4.84 Å². The van der Waals surface area contributed by atoms with Crippen molar-refractivity contribution >= 4 is 16.0 Å². The van der Waals surface area contributed by atoms with Gasteiger partial charge in [0.1, 0.15) is 0 Å². The van der Waals surface area contributed by atoms with Crippen LogP contribution in [-0.2, 0) is 14.9 Å². The molecule has 0 saturated heterocycles. The number of sulfonamides is 1. The molecule has 1 N–H and O–H groups in total. The third-order valence-electron chi connectivity index (χ3n) is 3.51. The van der Waals surface area contributed by atoms with Crippen molar-refractivity contribution in [3.63, 3.8) is 0 Å². The lowest BCUT2D eigenvalue weighted by atomic mass is 10.2. The zero-order chi connectivity index (χ0) is 19.8. The van der Waals surface area contributed by atoms with Gasteiger partial charge in [-0.15, -0.1) is 0 Å². The molecule has 3 rings (SSSR count). The van der Waals surface area contributed by atoms with E-state index >= 15 is 0 Å². The topological polar surface area (TPSA) is 81.7 Å². The number of hydrogen-bond donors (Lipinski definition) is 1. The van der Waals surface area contributed by atoms with Gasteiger partial charge in [0, 0.05) is 0 Å². The Morgan fingerprint density at radius 2 is 1.56 bits per heavy atom. The Kier molecular flexibility index (Phi) is 5.07. The predicted octanol–water partition coefficient (Wildman–Crippen LogP) is 2.83. The highest BCUT2D eigenvalue weighted by Crippen LogP contribution is 2.37. The van der Waals surface area contributed by atoms with Crippen molar-refractivity contribution in [3.05, 3.63) is 59.2 Å². The molecule has 1 aliphatic rings. The van der Waals surface area contributed by atoms with Crippen LogP contribution in [0.1, 0.15) is 23.2 Å². The summed E-state index contributed by atoms with van der Waals surface area (Å²) in [5.74, 6) is -11.2. The van der Waals surface area contributed by atoms with E-state index in [4.69, 9.17) is 4.74 Å². The lowest BCUT2D eigenvalue weighted by Crippen LogP contribution is -2.29. The molecule has 0 radical (unpaired) electrons. The molecule has 1 fully saturated rings. The van der Waals surface area contributed by atoms with Crippen LogP contribution in [0.3, 0.4) is 0 Å². The van der Waals surface area contributed by atoms with E-state index in [1.165, 1.54) is 29.2 Å². The van der Waals surface area contributed by atoms with Crippen molar-refractivity contribution in [2.45, 2.75) is 23.8 Å². The Morgan fingerprint density at radius 1 is 0.963 bits per heavy atom. The van der Waals surface area contributed by atoms with E-state index in [0.717, 1.165) is 0 Å². The van der Waals surface area contributed by atoms with Crippen LogP contribution < -0.4 is 9.62 Å². The largest absolute Gasteiger partial charge is 0.486 e. The summed E-state index contributed by atoms with van der Waals surface area (Å²) in [6.07, 6.45) is 0.135. The van der Waals surface area contributed by atoms with Gasteiger partial charge in [0.2, 0.25) is 11.6 Å². The molecular formula is C16H11F4NO5S. The smallest absolute Gasteiger partial charge is 0.357 e. The van der Waals surface area contributed by atoms with Gasteiger partial charge in [0.25, 0.3) is 10.0 Å². The first-order valence-electron chi connectivity index (χ1n) is 7.53. The molecule has 0 spiro atoms. The zero-order valence-corrected chi connectivity index (χ0v) is 14.2. The number of benzene rings is 2. The molecule has 1 aliphatic carbocycles. The third-order valence-corrected chi connectivity index (χ3v) is 4.72. The van der Waals surface area contributed by atoms with Crippen LogP contribution in [0.2, 0.25) is 0 Å². The second-order valence-corrected chi connectivity index (χ2v) is 7.16. The van der Waals surface area contributed by atoms with Crippen molar-refractivity contribution in [2.24, 2.45) is 0 Å². The minimum Gasteiger partial charge on any atom is -0.486 e. The Hall–Kier alpha value is -2.66. The minimum atomic E-state index is -5.14. The van der Waals surface area contributed by atoms with Crippen molar-refractivity contribution < 1.29 is 40.3 Å². The maximum atomic E-state index is 14.1. The van der Waals surface area contributed by atoms with Crippen LogP contribution in [0.4, 0.5) is 17.6 Å². The molecule has 2 aromatic rings. The van der Waals surface area contributed by atoms with Gasteiger partial charge in [-0.05, 0) is 29.9 Å². The number of hydrogen-bond acceptors (Lipinski definition) is 5. The zero-order valence-electron chi connectivity index (χ0n) is 13.3. The van der Waals surface area contributed by atoms with Crippen molar-refractivity contribution in [1.82, 2.24) is 4.89 Å². The third kappa shape index (κ3) is 3.88. The van der Waals surface area contributed by atoms with Crippen LogP contribution in [-0.4, -0.2) is 20.5 Å². The summed E-state index contributed by atoms with van der Waals surface area (Å²) >= 11 is 0. The Morgan fingerprint density at radius 3 is 2.15 bits per heavy atom. The van der Waals surface area contributed by atoms with Crippen molar-refractivity contribution in [1.29, 1.82) is 0 Å². The summed E-state index contributed by atoms with van der Waals surface area (Å²) in [5, 5.41) is 0. The normalized spacial score (nSPS) is 14.1. The molecule has 1 saturated carbocycles. The Balaban J connectivity index is 1.94. The van der Waals surface area contributed by atoms with E-state index < -0.39 is 56.0 Å². The number of nitrogens with one attached hydrogen (secondary N) is 1. The fourth-order valence-electron chi connectivity index (χ4n) is 2.06. The SMILES string of the molecule is O=C(ONS(=O)(=O)c1c(F)c(F)c(F)c(F)c1OC1CC1)c1ccccc1. The first-order valence-corrected chi connectivity index (χ1v) is 9.01. The summed E-state index contributed by atoms with van der Waals surface area (Å²) in [6, 6.07) is 7.13. The van der Waals surface area contributed by atoms with E-state index in [1.54, 1.807) is 6.07 Å². The summed E-state index contributed by atoms with van der Waals surface area (Å²) in [4.78, 5) is 15.8. The van der Waals surface area contributed by atoms with Crippen molar-refractivity contribution in [3.8, 4) is 5.75 Å². The van der Waals surface area contributed by atoms with Crippen LogP contribution in [0.15, 0.2) is 35.2 Å². The lowest BCUT2D eigenvalue weighted by Gasteiger charge is -2.15. The number of carbonyl (C=O) groups excluding carboxylic acids is 1. The first kappa shape index (κ1) is 19.1. The predicted molar refractivity (Wildman–Crippen MR) is 82.1 cm³/mol. The maximum absolute atomic E-state index is 14.1. The molecule has 0 aliphatic heterocycles. The van der Waals surface area contributed by atoms with Gasteiger partial charge in [-0.25, -0.2) is 26.4 Å². The molecule has 0 amide bonds. The van der Waals surface area contributed by atoms with Gasteiger partial charge >= 0.3 is 5.97 Å². The Bertz CT molecular complexity index is 994. The van der Waals surface area contributed by atoms with Crippen LogP contribution in [0.25, 0.3) is 0 Å². The van der Waals surface area contributed by atoms with Gasteiger partial charge in [0.15, 0.2) is 22.3 Å². The van der Waals surface area contributed by atoms with Crippen LogP contribution in [0.5, 0.6) is 5.75 Å². The molecular weight excluding hydrogens is 394 g/mol. The molecule has 0 heterocycles. The first-order chi connectivity index (χ1) is 12.7. The highest BCUT2D eigenvalue weighted by molar-refractivity contribution is 7.89. The fourth-order valence-corrected chi connectivity index (χ4v) is 3.03. The molecule has 0 aromatic heterocycles. The standard InChI is InChI=1S/C16H11F4NO5S/c17-10-11(18)13(20)15(14(12(10)19)25-9-6-7-9)27(23,24)21-26-16(22)8-4-2-1-3-5-8/h1-5,9,21H,6-7H2. The number of halogens is 4. The average molecular weight is 405 g/mol. The summed E-state index contributed by atoms with van der Waals surface area (Å²) in [6.45, 7) is 0. The highest BCUT2D eigenvalue weighted by atomic mass is 32.2. The fraction of sp³-hybridized carbons (Fsp3) is 0.188. The van der Waals surface area contributed by atoms with E-state index in [-0.39, 0.29) is 5.56 Å². The molecule has 144 valence electrons. The molecule has 0 bridgehead atoms. The number of carbonyl (C=O) groups is 1. The molecule has 2 aromatic carbocycles. The monoisotopic (exact) mass is 405 g/mol. The van der Waals surface area contributed by atoms with E-state index in [0.29, 0.717) is 12.8 Å².